The van der Waals surface area contributed by atoms with E-state index in [9.17, 15) is 9.18 Å². The average Bonchev–Trinajstić information content (AvgIpc) is 2.42. The smallest absolute Gasteiger partial charge is 0.258 e. The van der Waals surface area contributed by atoms with Gasteiger partial charge in [0.1, 0.15) is 11.9 Å². The number of nitrogens with zero attached hydrogens (tertiary/aromatic N) is 1. The topological polar surface area (TPSA) is 52.9 Å². The summed E-state index contributed by atoms with van der Waals surface area (Å²) in [5, 5.41) is 11.4. The molecule has 0 bridgehead atoms. The van der Waals surface area contributed by atoms with E-state index in [0.717, 1.165) is 0 Å². The third-order valence-electron chi connectivity index (χ3n) is 2.47. The lowest BCUT2D eigenvalue weighted by Gasteiger charge is -2.07. The van der Waals surface area contributed by atoms with Crippen LogP contribution in [-0.2, 0) is 0 Å². The van der Waals surface area contributed by atoms with Crippen LogP contribution in [0.3, 0.4) is 0 Å². The molecular formula is C14H8BrFN2O. The summed E-state index contributed by atoms with van der Waals surface area (Å²) < 4.78 is 14.2. The zero-order valence-corrected chi connectivity index (χ0v) is 11.2. The summed E-state index contributed by atoms with van der Waals surface area (Å²) in [4.78, 5) is 12.0. The van der Waals surface area contributed by atoms with Crippen molar-refractivity contribution in [3.8, 4) is 6.07 Å². The standard InChI is InChI=1S/C14H8BrFN2O/c15-10-5-6-12(16)11(7-10)14(19)18-13-4-2-1-3-9(13)8-17/h1-7H,(H,18,19). The maximum atomic E-state index is 13.6. The van der Waals surface area contributed by atoms with Gasteiger partial charge in [-0.2, -0.15) is 5.26 Å². The fraction of sp³-hybridized carbons (Fsp3) is 0. The molecule has 5 heteroatoms. The minimum absolute atomic E-state index is 0.0814. The summed E-state index contributed by atoms with van der Waals surface area (Å²) in [6, 6.07) is 12.6. The third kappa shape index (κ3) is 2.98. The monoisotopic (exact) mass is 318 g/mol. The van der Waals surface area contributed by atoms with E-state index in [0.29, 0.717) is 15.7 Å². The first-order chi connectivity index (χ1) is 9.11. The maximum Gasteiger partial charge on any atom is 0.258 e. The summed E-state index contributed by atoms with van der Waals surface area (Å²) in [7, 11) is 0. The van der Waals surface area contributed by atoms with Crippen LogP contribution in [0.1, 0.15) is 15.9 Å². The Hall–Kier alpha value is -2.19. The second kappa shape index (κ2) is 5.63. The Kier molecular flexibility index (Phi) is 3.93. The first kappa shape index (κ1) is 13.2. The van der Waals surface area contributed by atoms with Gasteiger partial charge in [-0.25, -0.2) is 4.39 Å². The molecule has 2 rings (SSSR count). The lowest BCUT2D eigenvalue weighted by atomic mass is 10.1. The highest BCUT2D eigenvalue weighted by molar-refractivity contribution is 9.10. The predicted molar refractivity (Wildman–Crippen MR) is 73.2 cm³/mol. The van der Waals surface area contributed by atoms with E-state index in [4.69, 9.17) is 5.26 Å². The summed E-state index contributed by atoms with van der Waals surface area (Å²) >= 11 is 3.18. The molecule has 1 N–H and O–H groups in total. The van der Waals surface area contributed by atoms with Gasteiger partial charge in [-0.1, -0.05) is 28.1 Å². The molecule has 0 spiro atoms. The average molecular weight is 319 g/mol. The summed E-state index contributed by atoms with van der Waals surface area (Å²) in [5.41, 5.74) is 0.600. The highest BCUT2D eigenvalue weighted by Crippen LogP contribution is 2.19. The Labute approximate surface area is 117 Å². The number of halogens is 2. The van der Waals surface area contributed by atoms with Crippen molar-refractivity contribution in [3.63, 3.8) is 0 Å². The van der Waals surface area contributed by atoms with E-state index in [2.05, 4.69) is 21.2 Å². The minimum atomic E-state index is -0.616. The van der Waals surface area contributed by atoms with Crippen LogP contribution in [0.2, 0.25) is 0 Å². The number of benzene rings is 2. The number of hydrogen-bond donors (Lipinski definition) is 1. The molecule has 0 aliphatic heterocycles. The third-order valence-corrected chi connectivity index (χ3v) is 2.96. The molecule has 0 radical (unpaired) electrons. The van der Waals surface area contributed by atoms with Gasteiger partial charge in [-0.15, -0.1) is 0 Å². The quantitative estimate of drug-likeness (QED) is 0.917. The fourth-order valence-electron chi connectivity index (χ4n) is 1.55. The zero-order chi connectivity index (χ0) is 13.8. The van der Waals surface area contributed by atoms with Crippen molar-refractivity contribution in [1.82, 2.24) is 0 Å². The number of carbonyl (C=O) groups is 1. The summed E-state index contributed by atoms with van der Waals surface area (Å²) in [6.07, 6.45) is 0. The van der Waals surface area contributed by atoms with E-state index in [1.54, 1.807) is 24.3 Å². The summed E-state index contributed by atoms with van der Waals surface area (Å²) in [5.74, 6) is -1.21. The van der Waals surface area contributed by atoms with Crippen LogP contribution in [0.5, 0.6) is 0 Å². The van der Waals surface area contributed by atoms with Gasteiger partial charge in [0.2, 0.25) is 0 Å². The van der Waals surface area contributed by atoms with Crippen LogP contribution in [0, 0.1) is 17.1 Å². The van der Waals surface area contributed by atoms with E-state index in [-0.39, 0.29) is 5.56 Å². The largest absolute Gasteiger partial charge is 0.321 e. The molecule has 0 fully saturated rings. The van der Waals surface area contributed by atoms with E-state index in [1.165, 1.54) is 18.2 Å². The molecule has 0 aliphatic rings. The van der Waals surface area contributed by atoms with Crippen molar-refractivity contribution >= 4 is 27.5 Å². The zero-order valence-electron chi connectivity index (χ0n) is 9.65. The molecule has 2 aromatic carbocycles. The number of carbonyl (C=O) groups excluding carboxylic acids is 1. The molecule has 0 unspecified atom stereocenters. The number of rotatable bonds is 2. The van der Waals surface area contributed by atoms with Crippen molar-refractivity contribution in [2.24, 2.45) is 0 Å². The normalized spacial score (nSPS) is 9.74. The van der Waals surface area contributed by atoms with Crippen molar-refractivity contribution in [1.29, 1.82) is 5.26 Å². The molecule has 94 valence electrons. The maximum absolute atomic E-state index is 13.6. The van der Waals surface area contributed by atoms with Gasteiger partial charge >= 0.3 is 0 Å². The van der Waals surface area contributed by atoms with Gasteiger partial charge in [0.25, 0.3) is 5.91 Å². The van der Waals surface area contributed by atoms with Crippen LogP contribution >= 0.6 is 15.9 Å². The highest BCUT2D eigenvalue weighted by Gasteiger charge is 2.13. The molecule has 0 aliphatic carbocycles. The molecule has 0 aromatic heterocycles. The van der Waals surface area contributed by atoms with Gasteiger partial charge in [-0.3, -0.25) is 4.79 Å². The molecule has 0 atom stereocenters. The number of hydrogen-bond acceptors (Lipinski definition) is 2. The fourth-order valence-corrected chi connectivity index (χ4v) is 1.91. The van der Waals surface area contributed by atoms with Gasteiger partial charge in [0.15, 0.2) is 0 Å². The van der Waals surface area contributed by atoms with Gasteiger partial charge in [0.05, 0.1) is 16.8 Å². The number of para-hydroxylation sites is 1. The van der Waals surface area contributed by atoms with E-state index in [1.807, 2.05) is 6.07 Å². The van der Waals surface area contributed by atoms with Crippen LogP contribution in [0.15, 0.2) is 46.9 Å². The van der Waals surface area contributed by atoms with Crippen molar-refractivity contribution in [2.45, 2.75) is 0 Å². The van der Waals surface area contributed by atoms with Gasteiger partial charge in [0, 0.05) is 4.47 Å². The number of anilines is 1. The Morgan fingerprint density at radius 1 is 1.26 bits per heavy atom. The summed E-state index contributed by atoms with van der Waals surface area (Å²) in [6.45, 7) is 0. The van der Waals surface area contributed by atoms with Gasteiger partial charge < -0.3 is 5.32 Å². The Morgan fingerprint density at radius 3 is 2.74 bits per heavy atom. The molecule has 19 heavy (non-hydrogen) atoms. The highest BCUT2D eigenvalue weighted by atomic mass is 79.9. The van der Waals surface area contributed by atoms with Crippen molar-refractivity contribution in [3.05, 3.63) is 63.9 Å². The van der Waals surface area contributed by atoms with Crippen LogP contribution in [0.25, 0.3) is 0 Å². The van der Waals surface area contributed by atoms with Crippen LogP contribution in [-0.4, -0.2) is 5.91 Å². The van der Waals surface area contributed by atoms with Crippen molar-refractivity contribution in [2.75, 3.05) is 5.32 Å². The Morgan fingerprint density at radius 2 is 2.00 bits per heavy atom. The Bertz CT molecular complexity index is 679. The molecule has 1 amide bonds. The van der Waals surface area contributed by atoms with E-state index >= 15 is 0 Å². The van der Waals surface area contributed by atoms with E-state index < -0.39 is 11.7 Å². The molecular weight excluding hydrogens is 311 g/mol. The second-order valence-corrected chi connectivity index (χ2v) is 4.65. The number of nitrogens with one attached hydrogen (secondary N) is 1. The minimum Gasteiger partial charge on any atom is -0.321 e. The molecule has 3 nitrogen and oxygen atoms in total. The first-order valence-corrected chi connectivity index (χ1v) is 6.16. The molecule has 2 aromatic rings. The first-order valence-electron chi connectivity index (χ1n) is 5.37. The number of nitriles is 1. The second-order valence-electron chi connectivity index (χ2n) is 3.74. The number of amides is 1. The molecule has 0 heterocycles. The lowest BCUT2D eigenvalue weighted by molar-refractivity contribution is 0.102. The van der Waals surface area contributed by atoms with Crippen LogP contribution < -0.4 is 5.32 Å². The Balaban J connectivity index is 2.31. The lowest BCUT2D eigenvalue weighted by Crippen LogP contribution is -2.14. The van der Waals surface area contributed by atoms with Crippen LogP contribution in [0.4, 0.5) is 10.1 Å². The predicted octanol–water partition coefficient (Wildman–Crippen LogP) is 3.71. The SMILES string of the molecule is N#Cc1ccccc1NC(=O)c1cc(Br)ccc1F. The molecule has 0 saturated heterocycles. The molecule has 0 saturated carbocycles. The van der Waals surface area contributed by atoms with Crippen molar-refractivity contribution < 1.29 is 9.18 Å². The van der Waals surface area contributed by atoms with Gasteiger partial charge in [-0.05, 0) is 30.3 Å².